The summed E-state index contributed by atoms with van der Waals surface area (Å²) >= 11 is 0. The van der Waals surface area contributed by atoms with E-state index in [0.717, 1.165) is 5.56 Å². The lowest BCUT2D eigenvalue weighted by atomic mass is 10.1. The van der Waals surface area contributed by atoms with Crippen LogP contribution < -0.4 is 15.8 Å². The summed E-state index contributed by atoms with van der Waals surface area (Å²) in [5.74, 6) is 0.536. The summed E-state index contributed by atoms with van der Waals surface area (Å²) in [5, 5.41) is 11.1. The molecule has 1 aromatic carbocycles. The molecule has 30 heavy (non-hydrogen) atoms. The summed E-state index contributed by atoms with van der Waals surface area (Å²) in [4.78, 5) is 38.0. The number of nitrogens with zero attached hydrogens (tertiary/aromatic N) is 5. The SMILES string of the molecule is Cn1c(N2CCO[C@@H](c3ccc(NC(=O)O)cc3)C2)nc(-c2ccncn2)cc1=O. The Morgan fingerprint density at radius 2 is 2.03 bits per heavy atom. The number of anilines is 2. The first-order chi connectivity index (χ1) is 14.5. The number of carboxylic acid groups (broad SMARTS) is 1. The van der Waals surface area contributed by atoms with Gasteiger partial charge in [0.1, 0.15) is 12.4 Å². The lowest BCUT2D eigenvalue weighted by molar-refractivity contribution is 0.0390. The zero-order valence-corrected chi connectivity index (χ0v) is 16.2. The summed E-state index contributed by atoms with van der Waals surface area (Å²) in [7, 11) is 1.69. The zero-order chi connectivity index (χ0) is 21.1. The number of hydrogen-bond donors (Lipinski definition) is 2. The van der Waals surface area contributed by atoms with E-state index in [2.05, 4.69) is 20.3 Å². The van der Waals surface area contributed by atoms with Crippen molar-refractivity contribution in [1.29, 1.82) is 0 Å². The Kier molecular flexibility index (Phi) is 5.40. The number of aromatic nitrogens is 4. The molecule has 1 fully saturated rings. The van der Waals surface area contributed by atoms with Gasteiger partial charge < -0.3 is 14.7 Å². The number of nitrogens with one attached hydrogen (secondary N) is 1. The molecule has 1 aliphatic heterocycles. The number of hydrogen-bond acceptors (Lipinski definition) is 7. The van der Waals surface area contributed by atoms with Crippen molar-refractivity contribution >= 4 is 17.7 Å². The predicted molar refractivity (Wildman–Crippen MR) is 109 cm³/mol. The number of amides is 1. The molecule has 1 aliphatic rings. The number of benzene rings is 1. The van der Waals surface area contributed by atoms with Crippen LogP contribution in [0.4, 0.5) is 16.4 Å². The predicted octanol–water partition coefficient (Wildman–Crippen LogP) is 1.91. The minimum absolute atomic E-state index is 0.180. The van der Waals surface area contributed by atoms with Gasteiger partial charge in [-0.15, -0.1) is 0 Å². The fraction of sp³-hybridized carbons (Fsp3) is 0.250. The van der Waals surface area contributed by atoms with Crippen molar-refractivity contribution in [1.82, 2.24) is 19.5 Å². The number of rotatable bonds is 4. The number of carbonyl (C=O) groups is 1. The molecule has 10 nitrogen and oxygen atoms in total. The van der Waals surface area contributed by atoms with E-state index in [0.29, 0.717) is 42.7 Å². The number of ether oxygens (including phenoxy) is 1. The van der Waals surface area contributed by atoms with Crippen molar-refractivity contribution in [2.75, 3.05) is 29.9 Å². The summed E-state index contributed by atoms with van der Waals surface area (Å²) in [6.07, 6.45) is 1.67. The second kappa shape index (κ2) is 8.29. The minimum atomic E-state index is -1.11. The Morgan fingerprint density at radius 3 is 2.73 bits per heavy atom. The van der Waals surface area contributed by atoms with Crippen LogP contribution in [0.2, 0.25) is 0 Å². The fourth-order valence-electron chi connectivity index (χ4n) is 3.32. The van der Waals surface area contributed by atoms with Crippen molar-refractivity contribution in [3.05, 3.63) is 64.8 Å². The average Bonchev–Trinajstić information content (AvgIpc) is 2.76. The van der Waals surface area contributed by atoms with E-state index in [-0.39, 0.29) is 11.7 Å². The lowest BCUT2D eigenvalue weighted by Gasteiger charge is -2.34. The van der Waals surface area contributed by atoms with Crippen molar-refractivity contribution in [2.24, 2.45) is 7.05 Å². The van der Waals surface area contributed by atoms with Gasteiger partial charge in [-0.1, -0.05) is 12.1 Å². The molecule has 0 bridgehead atoms. The van der Waals surface area contributed by atoms with Crippen LogP contribution in [0.25, 0.3) is 11.4 Å². The van der Waals surface area contributed by atoms with Crippen molar-refractivity contribution < 1.29 is 14.6 Å². The second-order valence-electron chi connectivity index (χ2n) is 6.79. The van der Waals surface area contributed by atoms with Gasteiger partial charge in [-0.2, -0.15) is 0 Å². The summed E-state index contributed by atoms with van der Waals surface area (Å²) in [6, 6.07) is 10.2. The highest BCUT2D eigenvalue weighted by Gasteiger charge is 2.25. The number of morpholine rings is 1. The monoisotopic (exact) mass is 408 g/mol. The molecule has 154 valence electrons. The molecule has 1 amide bonds. The molecule has 10 heteroatoms. The third-order valence-electron chi connectivity index (χ3n) is 4.84. The molecule has 0 saturated carbocycles. The molecule has 3 aromatic rings. The van der Waals surface area contributed by atoms with Gasteiger partial charge >= 0.3 is 6.09 Å². The zero-order valence-electron chi connectivity index (χ0n) is 16.2. The maximum absolute atomic E-state index is 12.5. The van der Waals surface area contributed by atoms with Crippen LogP contribution in [0, 0.1) is 0 Å². The molecule has 0 unspecified atom stereocenters. The highest BCUT2D eigenvalue weighted by Crippen LogP contribution is 2.26. The Balaban J connectivity index is 1.59. The van der Waals surface area contributed by atoms with Gasteiger partial charge in [-0.05, 0) is 23.8 Å². The van der Waals surface area contributed by atoms with Crippen molar-refractivity contribution in [3.8, 4) is 11.4 Å². The highest BCUT2D eigenvalue weighted by molar-refractivity contribution is 5.82. The lowest BCUT2D eigenvalue weighted by Crippen LogP contribution is -2.41. The Morgan fingerprint density at radius 1 is 1.23 bits per heavy atom. The van der Waals surface area contributed by atoms with Gasteiger partial charge in [0.2, 0.25) is 5.95 Å². The molecule has 0 aliphatic carbocycles. The van der Waals surface area contributed by atoms with E-state index in [9.17, 15) is 9.59 Å². The summed E-state index contributed by atoms with van der Waals surface area (Å²) in [5.41, 5.74) is 2.28. The first-order valence-electron chi connectivity index (χ1n) is 9.32. The Bertz CT molecular complexity index is 1100. The molecule has 2 aromatic heterocycles. The van der Waals surface area contributed by atoms with E-state index in [1.54, 1.807) is 31.4 Å². The van der Waals surface area contributed by atoms with Crippen molar-refractivity contribution in [3.63, 3.8) is 0 Å². The van der Waals surface area contributed by atoms with Crippen LogP contribution in [0.15, 0.2) is 53.7 Å². The Hall–Kier alpha value is -3.79. The minimum Gasteiger partial charge on any atom is -0.465 e. The van der Waals surface area contributed by atoms with E-state index in [4.69, 9.17) is 9.84 Å². The third kappa shape index (κ3) is 4.13. The molecule has 3 heterocycles. The topological polar surface area (TPSA) is 122 Å². The molecular formula is C20H20N6O4. The van der Waals surface area contributed by atoms with Crippen LogP contribution in [-0.4, -0.2) is 50.4 Å². The molecule has 1 saturated heterocycles. The fourth-order valence-corrected chi connectivity index (χ4v) is 3.32. The largest absolute Gasteiger partial charge is 0.465 e. The summed E-state index contributed by atoms with van der Waals surface area (Å²) in [6.45, 7) is 1.55. The van der Waals surface area contributed by atoms with Crippen molar-refractivity contribution in [2.45, 2.75) is 6.10 Å². The molecule has 0 spiro atoms. The van der Waals surface area contributed by atoms with Gasteiger partial charge in [-0.3, -0.25) is 14.7 Å². The maximum Gasteiger partial charge on any atom is 0.409 e. The highest BCUT2D eigenvalue weighted by atomic mass is 16.5. The molecule has 1 atom stereocenters. The van der Waals surface area contributed by atoms with E-state index >= 15 is 0 Å². The van der Waals surface area contributed by atoms with Crippen LogP contribution in [-0.2, 0) is 11.8 Å². The first-order valence-corrected chi connectivity index (χ1v) is 9.32. The third-order valence-corrected chi connectivity index (χ3v) is 4.84. The average molecular weight is 408 g/mol. The van der Waals surface area contributed by atoms with E-state index in [1.165, 1.54) is 17.0 Å². The van der Waals surface area contributed by atoms with Crippen LogP contribution in [0.5, 0.6) is 0 Å². The quantitative estimate of drug-likeness (QED) is 0.671. The smallest absolute Gasteiger partial charge is 0.409 e. The van der Waals surface area contributed by atoms with Gasteiger partial charge in [0.05, 0.1) is 24.5 Å². The van der Waals surface area contributed by atoms with Crippen LogP contribution >= 0.6 is 0 Å². The second-order valence-corrected chi connectivity index (χ2v) is 6.79. The summed E-state index contributed by atoms with van der Waals surface area (Å²) < 4.78 is 7.41. The first kappa shape index (κ1) is 19.5. The molecule has 0 radical (unpaired) electrons. The maximum atomic E-state index is 12.5. The molecule has 2 N–H and O–H groups in total. The molecule has 4 rings (SSSR count). The van der Waals surface area contributed by atoms with Gasteiger partial charge in [-0.25, -0.2) is 19.7 Å². The van der Waals surface area contributed by atoms with E-state index < -0.39 is 6.09 Å². The molecular weight excluding hydrogens is 388 g/mol. The van der Waals surface area contributed by atoms with Gasteiger partial charge in [0.15, 0.2) is 0 Å². The Labute approximate surface area is 171 Å². The van der Waals surface area contributed by atoms with Gasteiger partial charge in [0, 0.05) is 31.5 Å². The van der Waals surface area contributed by atoms with Crippen LogP contribution in [0.3, 0.4) is 0 Å². The van der Waals surface area contributed by atoms with E-state index in [1.807, 2.05) is 17.0 Å². The van der Waals surface area contributed by atoms with Gasteiger partial charge in [0.25, 0.3) is 5.56 Å². The van der Waals surface area contributed by atoms with Crippen LogP contribution in [0.1, 0.15) is 11.7 Å². The standard InChI is InChI=1S/C20H20N6O4/c1-25-18(27)10-16(15-6-7-21-12-22-15)24-19(25)26-8-9-30-17(11-26)13-2-4-14(5-3-13)23-20(28)29/h2-7,10,12,17,23H,8-9,11H2,1H3,(H,28,29)/t17-/m1/s1. The normalized spacial score (nSPS) is 16.3.